The number of carbonyl (C=O) groups is 1. The first-order chi connectivity index (χ1) is 20.3. The number of carbonyl (C=O) groups excluding carboxylic acids is 1. The number of aliphatic hydroxyl groups is 1. The summed E-state index contributed by atoms with van der Waals surface area (Å²) in [7, 11) is 0. The smallest absolute Gasteiger partial charge is 0.226 e. The predicted octanol–water partition coefficient (Wildman–Crippen LogP) is 4.34. The molecular formula is C30H35F3N6O3. The molecule has 2 aliphatic heterocycles. The first-order valence-electron chi connectivity index (χ1n) is 14.4. The lowest BCUT2D eigenvalue weighted by Gasteiger charge is -2.33. The van der Waals surface area contributed by atoms with Crippen molar-refractivity contribution in [3.8, 4) is 11.8 Å². The van der Waals surface area contributed by atoms with E-state index in [1.54, 1.807) is 6.92 Å². The van der Waals surface area contributed by atoms with Gasteiger partial charge in [0.15, 0.2) is 17.5 Å². The molecule has 3 fully saturated rings. The maximum absolute atomic E-state index is 14.3. The van der Waals surface area contributed by atoms with Crippen LogP contribution in [0.1, 0.15) is 50.6 Å². The third-order valence-corrected chi connectivity index (χ3v) is 8.04. The Morgan fingerprint density at radius 1 is 1.17 bits per heavy atom. The second-order valence-corrected chi connectivity index (χ2v) is 11.0. The third-order valence-electron chi connectivity index (χ3n) is 8.04. The molecule has 0 unspecified atom stereocenters. The van der Waals surface area contributed by atoms with E-state index in [0.29, 0.717) is 42.7 Å². The summed E-state index contributed by atoms with van der Waals surface area (Å²) in [6.45, 7) is 3.53. The van der Waals surface area contributed by atoms with Gasteiger partial charge in [-0.2, -0.15) is 0 Å². The van der Waals surface area contributed by atoms with Gasteiger partial charge < -0.3 is 25.4 Å². The number of hydrogen-bond donors (Lipinski definition) is 3. The Hall–Kier alpha value is -3.69. The van der Waals surface area contributed by atoms with Crippen molar-refractivity contribution in [1.29, 1.82) is 0 Å². The molecule has 1 amide bonds. The largest absolute Gasteiger partial charge is 0.394 e. The summed E-state index contributed by atoms with van der Waals surface area (Å²) >= 11 is 0. The second-order valence-electron chi connectivity index (χ2n) is 11.0. The van der Waals surface area contributed by atoms with Crippen LogP contribution in [-0.4, -0.2) is 70.2 Å². The number of nitrogens with zero attached hydrogens (tertiary/aromatic N) is 4. The highest BCUT2D eigenvalue weighted by Gasteiger charge is 2.35. The van der Waals surface area contributed by atoms with Gasteiger partial charge in [-0.05, 0) is 57.8 Å². The summed E-state index contributed by atoms with van der Waals surface area (Å²) in [5.41, 5.74) is 0.343. The van der Waals surface area contributed by atoms with Crippen molar-refractivity contribution < 1.29 is 27.8 Å². The topological polar surface area (TPSA) is 112 Å². The Morgan fingerprint density at radius 2 is 1.93 bits per heavy atom. The minimum Gasteiger partial charge on any atom is -0.394 e. The van der Waals surface area contributed by atoms with Crippen molar-refractivity contribution in [3.63, 3.8) is 0 Å². The van der Waals surface area contributed by atoms with Gasteiger partial charge in [0.25, 0.3) is 0 Å². The summed E-state index contributed by atoms with van der Waals surface area (Å²) in [5, 5.41) is 15.9. The van der Waals surface area contributed by atoms with Gasteiger partial charge in [-0.15, -0.1) is 0 Å². The predicted molar refractivity (Wildman–Crippen MR) is 152 cm³/mol. The third kappa shape index (κ3) is 7.20. The molecule has 0 radical (unpaired) electrons. The highest BCUT2D eigenvalue weighted by Crippen LogP contribution is 2.30. The molecule has 2 atom stereocenters. The highest BCUT2D eigenvalue weighted by molar-refractivity contribution is 6.09. The molecule has 2 aromatic rings. The minimum absolute atomic E-state index is 0.0135. The van der Waals surface area contributed by atoms with E-state index in [-0.39, 0.29) is 42.3 Å². The number of aliphatic imine (C=N–C) groups is 1. The lowest BCUT2D eigenvalue weighted by atomic mass is 9.85. The number of amides is 1. The van der Waals surface area contributed by atoms with Crippen LogP contribution in [0.2, 0.25) is 0 Å². The van der Waals surface area contributed by atoms with Crippen LogP contribution < -0.4 is 10.6 Å². The Balaban J connectivity index is 1.24. The molecule has 1 aromatic carbocycles. The average Bonchev–Trinajstić information content (AvgIpc) is 3.67. The molecule has 1 aliphatic carbocycles. The molecule has 224 valence electrons. The first kappa shape index (κ1) is 29.8. The van der Waals surface area contributed by atoms with Gasteiger partial charge in [-0.3, -0.25) is 4.79 Å². The van der Waals surface area contributed by atoms with E-state index in [2.05, 4.69) is 37.4 Å². The standard InChI is InChI=1S/C30H35F3N6O3/c1-18-26(37-27(9-4-19-10-12-42-17-19)38-28-24(32)13-21(31)14-25(28)33)15-34-30(35-18)36-22-7-5-20(6-8-22)29(41)39-11-2-3-23(39)16-40/h13-15,19-20,22-23,40H,2-3,5-8,10-12,16-17H2,1H3,(H,37,38)(H,34,35,36)/t19-,20?,22?,23-/m0/s1. The molecule has 3 aliphatic rings. The minimum atomic E-state index is -1.14. The van der Waals surface area contributed by atoms with Crippen LogP contribution in [0.5, 0.6) is 0 Å². The molecule has 5 rings (SSSR count). The summed E-state index contributed by atoms with van der Waals surface area (Å²) < 4.78 is 47.4. The number of hydrogen-bond acceptors (Lipinski definition) is 7. The van der Waals surface area contributed by atoms with E-state index in [0.717, 1.165) is 51.5 Å². The number of aryl methyl sites for hydroxylation is 1. The van der Waals surface area contributed by atoms with Crippen LogP contribution in [0.15, 0.2) is 23.3 Å². The Kier molecular flexibility index (Phi) is 9.59. The summed E-state index contributed by atoms with van der Waals surface area (Å²) in [6, 6.07) is 1.18. The monoisotopic (exact) mass is 584 g/mol. The number of aromatic nitrogens is 2. The number of likely N-dealkylation sites (tertiary alicyclic amines) is 1. The molecule has 0 spiro atoms. The van der Waals surface area contributed by atoms with Gasteiger partial charge in [0.1, 0.15) is 11.5 Å². The van der Waals surface area contributed by atoms with Gasteiger partial charge in [-0.1, -0.05) is 5.92 Å². The van der Waals surface area contributed by atoms with Crippen molar-refractivity contribution in [2.45, 2.75) is 64.0 Å². The zero-order chi connectivity index (χ0) is 29.6. The maximum atomic E-state index is 14.3. The van der Waals surface area contributed by atoms with Gasteiger partial charge >= 0.3 is 0 Å². The molecule has 12 heteroatoms. The number of anilines is 2. The van der Waals surface area contributed by atoms with E-state index in [4.69, 9.17) is 4.74 Å². The lowest BCUT2D eigenvalue weighted by molar-refractivity contribution is -0.138. The Labute approximate surface area is 243 Å². The molecule has 9 nitrogen and oxygen atoms in total. The van der Waals surface area contributed by atoms with Gasteiger partial charge in [0.2, 0.25) is 11.9 Å². The zero-order valence-corrected chi connectivity index (χ0v) is 23.5. The number of benzene rings is 1. The summed E-state index contributed by atoms with van der Waals surface area (Å²) in [5.74, 6) is 2.99. The number of amidine groups is 1. The number of halogens is 3. The van der Waals surface area contributed by atoms with Gasteiger partial charge in [0.05, 0.1) is 36.8 Å². The van der Waals surface area contributed by atoms with E-state index >= 15 is 0 Å². The number of ether oxygens (including phenoxy) is 1. The number of rotatable bonds is 6. The number of nitrogens with one attached hydrogen (secondary N) is 2. The maximum Gasteiger partial charge on any atom is 0.226 e. The quantitative estimate of drug-likeness (QED) is 0.263. The van der Waals surface area contributed by atoms with E-state index < -0.39 is 23.1 Å². The van der Waals surface area contributed by atoms with Crippen LogP contribution in [0.4, 0.5) is 30.5 Å². The fourth-order valence-electron chi connectivity index (χ4n) is 5.66. The van der Waals surface area contributed by atoms with Crippen LogP contribution in [0.3, 0.4) is 0 Å². The van der Waals surface area contributed by atoms with Gasteiger partial charge in [0, 0.05) is 43.2 Å². The van der Waals surface area contributed by atoms with Crippen molar-refractivity contribution in [1.82, 2.24) is 14.9 Å². The SMILES string of the molecule is Cc1nc(NC2CCC(C(=O)N3CCC[C@H]3CO)CC2)ncc1NC(C#C[C@H]1CCOC1)=Nc1c(F)cc(F)cc1F. The van der Waals surface area contributed by atoms with Crippen LogP contribution in [0.25, 0.3) is 0 Å². The van der Waals surface area contributed by atoms with E-state index in [1.807, 2.05) is 4.90 Å². The molecule has 3 N–H and O–H groups in total. The van der Waals surface area contributed by atoms with Crippen molar-refractivity contribution in [2.24, 2.45) is 16.8 Å². The average molecular weight is 585 g/mol. The van der Waals surface area contributed by atoms with E-state index in [1.165, 1.54) is 6.20 Å². The molecule has 1 aromatic heterocycles. The van der Waals surface area contributed by atoms with Gasteiger partial charge in [-0.25, -0.2) is 28.1 Å². The molecule has 2 saturated heterocycles. The first-order valence-corrected chi connectivity index (χ1v) is 14.4. The fraction of sp³-hybridized carbons (Fsp3) is 0.533. The fourth-order valence-corrected chi connectivity index (χ4v) is 5.66. The molecule has 3 heterocycles. The van der Waals surface area contributed by atoms with Crippen molar-refractivity contribution >= 4 is 29.1 Å². The number of aliphatic hydroxyl groups excluding tert-OH is 1. The molecule has 0 bridgehead atoms. The molecule has 42 heavy (non-hydrogen) atoms. The van der Waals surface area contributed by atoms with Crippen molar-refractivity contribution in [3.05, 3.63) is 41.5 Å². The second kappa shape index (κ2) is 13.5. The Bertz CT molecular complexity index is 1360. The summed E-state index contributed by atoms with van der Waals surface area (Å²) in [4.78, 5) is 27.8. The Morgan fingerprint density at radius 3 is 2.60 bits per heavy atom. The van der Waals surface area contributed by atoms with Crippen LogP contribution in [-0.2, 0) is 9.53 Å². The lowest BCUT2D eigenvalue weighted by Crippen LogP contribution is -2.43. The summed E-state index contributed by atoms with van der Waals surface area (Å²) in [6.07, 6.45) is 7.16. The van der Waals surface area contributed by atoms with Crippen LogP contribution in [0, 0.1) is 48.1 Å². The molecular weight excluding hydrogens is 549 g/mol. The normalized spacial score (nSPS) is 24.3. The van der Waals surface area contributed by atoms with Crippen LogP contribution >= 0.6 is 0 Å². The zero-order valence-electron chi connectivity index (χ0n) is 23.5. The highest BCUT2D eigenvalue weighted by atomic mass is 19.1. The van der Waals surface area contributed by atoms with E-state index in [9.17, 15) is 23.1 Å². The molecule has 1 saturated carbocycles. The van der Waals surface area contributed by atoms with Crippen molar-refractivity contribution in [2.75, 3.05) is 37.0 Å².